The molecule has 2 aromatic carbocycles. The summed E-state index contributed by atoms with van der Waals surface area (Å²) in [7, 11) is 0. The summed E-state index contributed by atoms with van der Waals surface area (Å²) in [6.07, 6.45) is -0.649. The summed E-state index contributed by atoms with van der Waals surface area (Å²) < 4.78 is 11.0. The van der Waals surface area contributed by atoms with Gasteiger partial charge < -0.3 is 14.6 Å². The third kappa shape index (κ3) is 4.86. The van der Waals surface area contributed by atoms with Crippen LogP contribution in [0, 0.1) is 13.8 Å². The summed E-state index contributed by atoms with van der Waals surface area (Å²) in [4.78, 5) is 16.6. The van der Waals surface area contributed by atoms with Crippen LogP contribution in [0.2, 0.25) is 5.02 Å². The van der Waals surface area contributed by atoms with Gasteiger partial charge in [-0.3, -0.25) is 4.79 Å². The van der Waals surface area contributed by atoms with Gasteiger partial charge in [-0.2, -0.15) is 4.98 Å². The van der Waals surface area contributed by atoms with Crippen molar-refractivity contribution in [3.8, 4) is 17.1 Å². The minimum absolute atomic E-state index is 0.125. The Morgan fingerprint density at radius 1 is 1.22 bits per heavy atom. The summed E-state index contributed by atoms with van der Waals surface area (Å²) in [6.45, 7) is 5.74. The average Bonchev–Trinajstić information content (AvgIpc) is 3.12. The molecular formula is C20H20ClN3O3. The highest BCUT2D eigenvalue weighted by molar-refractivity contribution is 6.30. The van der Waals surface area contributed by atoms with Gasteiger partial charge in [0.25, 0.3) is 5.91 Å². The molecule has 140 valence electrons. The largest absolute Gasteiger partial charge is 0.481 e. The molecule has 1 amide bonds. The summed E-state index contributed by atoms with van der Waals surface area (Å²) >= 11 is 5.87. The van der Waals surface area contributed by atoms with E-state index in [1.54, 1.807) is 31.2 Å². The zero-order chi connectivity index (χ0) is 19.4. The van der Waals surface area contributed by atoms with E-state index >= 15 is 0 Å². The first-order valence-corrected chi connectivity index (χ1v) is 8.90. The number of carbonyl (C=O) groups is 1. The molecule has 7 heteroatoms. The fraction of sp³-hybridized carbons (Fsp3) is 0.250. The Balaban J connectivity index is 1.57. The zero-order valence-electron chi connectivity index (χ0n) is 15.3. The average molecular weight is 386 g/mol. The number of halogens is 1. The van der Waals surface area contributed by atoms with Crippen LogP contribution in [0.1, 0.15) is 23.9 Å². The van der Waals surface area contributed by atoms with Crippen molar-refractivity contribution in [2.45, 2.75) is 33.4 Å². The fourth-order valence-electron chi connectivity index (χ4n) is 2.43. The SMILES string of the molecule is Cc1ccc(C)c(OC(C)C(=O)NCc2nc(-c3ccc(Cl)cc3)no2)c1. The number of hydrogen-bond donors (Lipinski definition) is 1. The van der Waals surface area contributed by atoms with Crippen molar-refractivity contribution < 1.29 is 14.1 Å². The second-order valence-corrected chi connectivity index (χ2v) is 6.70. The molecule has 0 saturated carbocycles. The van der Waals surface area contributed by atoms with Gasteiger partial charge in [-0.25, -0.2) is 0 Å². The third-order valence-corrected chi connectivity index (χ3v) is 4.25. The minimum atomic E-state index is -0.649. The Kier molecular flexibility index (Phi) is 5.76. The van der Waals surface area contributed by atoms with E-state index < -0.39 is 6.10 Å². The Bertz CT molecular complexity index is 938. The maximum atomic E-state index is 12.3. The molecule has 1 heterocycles. The molecule has 27 heavy (non-hydrogen) atoms. The van der Waals surface area contributed by atoms with Crippen molar-refractivity contribution in [1.82, 2.24) is 15.5 Å². The van der Waals surface area contributed by atoms with Crippen LogP contribution in [-0.2, 0) is 11.3 Å². The number of nitrogens with zero attached hydrogens (tertiary/aromatic N) is 2. The normalized spacial score (nSPS) is 11.9. The van der Waals surface area contributed by atoms with Crippen molar-refractivity contribution in [2.24, 2.45) is 0 Å². The number of aryl methyl sites for hydroxylation is 2. The molecule has 0 aliphatic heterocycles. The van der Waals surface area contributed by atoms with Gasteiger partial charge in [-0.05, 0) is 62.2 Å². The lowest BCUT2D eigenvalue weighted by atomic mass is 10.1. The second kappa shape index (κ2) is 8.22. The predicted molar refractivity (Wildman–Crippen MR) is 103 cm³/mol. The van der Waals surface area contributed by atoms with Crippen LogP contribution in [0.5, 0.6) is 5.75 Å². The van der Waals surface area contributed by atoms with E-state index in [2.05, 4.69) is 15.5 Å². The van der Waals surface area contributed by atoms with Gasteiger partial charge in [0.05, 0.1) is 6.54 Å². The molecule has 1 aromatic heterocycles. The predicted octanol–water partition coefficient (Wildman–Crippen LogP) is 4.09. The smallest absolute Gasteiger partial charge is 0.261 e. The van der Waals surface area contributed by atoms with Gasteiger partial charge in [0.1, 0.15) is 5.75 Å². The Labute approximate surface area is 162 Å². The van der Waals surface area contributed by atoms with Crippen LogP contribution in [0.15, 0.2) is 47.0 Å². The van der Waals surface area contributed by atoms with Gasteiger partial charge in [-0.15, -0.1) is 0 Å². The molecule has 3 rings (SSSR count). The van der Waals surface area contributed by atoms with Crippen molar-refractivity contribution >= 4 is 17.5 Å². The first-order chi connectivity index (χ1) is 12.9. The second-order valence-electron chi connectivity index (χ2n) is 6.27. The first-order valence-electron chi connectivity index (χ1n) is 8.52. The molecule has 1 N–H and O–H groups in total. The highest BCUT2D eigenvalue weighted by atomic mass is 35.5. The molecule has 3 aromatic rings. The van der Waals surface area contributed by atoms with Gasteiger partial charge in [0, 0.05) is 10.6 Å². The Hall–Kier alpha value is -2.86. The van der Waals surface area contributed by atoms with E-state index in [0.717, 1.165) is 16.7 Å². The lowest BCUT2D eigenvalue weighted by Gasteiger charge is -2.16. The highest BCUT2D eigenvalue weighted by Gasteiger charge is 2.17. The Morgan fingerprint density at radius 3 is 2.70 bits per heavy atom. The number of carbonyl (C=O) groups excluding carboxylic acids is 1. The van der Waals surface area contributed by atoms with Crippen LogP contribution in [0.25, 0.3) is 11.4 Å². The minimum Gasteiger partial charge on any atom is -0.481 e. The number of nitrogens with one attached hydrogen (secondary N) is 1. The van der Waals surface area contributed by atoms with E-state index in [0.29, 0.717) is 22.5 Å². The molecule has 0 radical (unpaired) electrons. The van der Waals surface area contributed by atoms with E-state index in [-0.39, 0.29) is 12.5 Å². The molecule has 0 saturated heterocycles. The van der Waals surface area contributed by atoms with Gasteiger partial charge in [0.2, 0.25) is 11.7 Å². The molecule has 0 bridgehead atoms. The van der Waals surface area contributed by atoms with Gasteiger partial charge in [0.15, 0.2) is 6.10 Å². The van der Waals surface area contributed by atoms with Crippen LogP contribution in [0.3, 0.4) is 0 Å². The maximum absolute atomic E-state index is 12.3. The lowest BCUT2D eigenvalue weighted by Crippen LogP contribution is -2.36. The molecular weight excluding hydrogens is 366 g/mol. The number of rotatable bonds is 6. The molecule has 1 atom stereocenters. The van der Waals surface area contributed by atoms with E-state index in [1.165, 1.54) is 0 Å². The number of amides is 1. The highest BCUT2D eigenvalue weighted by Crippen LogP contribution is 2.21. The van der Waals surface area contributed by atoms with E-state index in [9.17, 15) is 4.79 Å². The molecule has 0 fully saturated rings. The number of ether oxygens (including phenoxy) is 1. The topological polar surface area (TPSA) is 77.2 Å². The zero-order valence-corrected chi connectivity index (χ0v) is 16.1. The van der Waals surface area contributed by atoms with Crippen molar-refractivity contribution in [3.63, 3.8) is 0 Å². The molecule has 0 aliphatic rings. The van der Waals surface area contributed by atoms with Crippen molar-refractivity contribution in [2.75, 3.05) is 0 Å². The first kappa shape index (κ1) is 18.9. The lowest BCUT2D eigenvalue weighted by molar-refractivity contribution is -0.127. The molecule has 1 unspecified atom stereocenters. The summed E-state index contributed by atoms with van der Waals surface area (Å²) in [6, 6.07) is 13.0. The summed E-state index contributed by atoms with van der Waals surface area (Å²) in [5, 5.41) is 7.29. The van der Waals surface area contributed by atoms with E-state index in [1.807, 2.05) is 32.0 Å². The Morgan fingerprint density at radius 2 is 1.96 bits per heavy atom. The van der Waals surface area contributed by atoms with E-state index in [4.69, 9.17) is 20.9 Å². The molecule has 0 spiro atoms. The molecule has 0 aliphatic carbocycles. The number of aromatic nitrogens is 2. The summed E-state index contributed by atoms with van der Waals surface area (Å²) in [5.74, 6) is 1.19. The number of hydrogen-bond acceptors (Lipinski definition) is 5. The third-order valence-electron chi connectivity index (χ3n) is 4.00. The monoisotopic (exact) mass is 385 g/mol. The van der Waals surface area contributed by atoms with Crippen LogP contribution in [-0.4, -0.2) is 22.2 Å². The standard InChI is InChI=1S/C20H20ClN3O3/c1-12-4-5-13(2)17(10-12)26-14(3)20(25)22-11-18-23-19(24-27-18)15-6-8-16(21)9-7-15/h4-10,14H,11H2,1-3H3,(H,22,25). The van der Waals surface area contributed by atoms with Crippen LogP contribution < -0.4 is 10.1 Å². The van der Waals surface area contributed by atoms with Crippen LogP contribution in [0.4, 0.5) is 0 Å². The van der Waals surface area contributed by atoms with Gasteiger partial charge >= 0.3 is 0 Å². The van der Waals surface area contributed by atoms with Crippen molar-refractivity contribution in [3.05, 3.63) is 64.5 Å². The van der Waals surface area contributed by atoms with Gasteiger partial charge in [-0.1, -0.05) is 28.9 Å². The quantitative estimate of drug-likeness (QED) is 0.691. The summed E-state index contributed by atoms with van der Waals surface area (Å²) in [5.41, 5.74) is 2.83. The maximum Gasteiger partial charge on any atom is 0.261 e. The van der Waals surface area contributed by atoms with Crippen LogP contribution >= 0.6 is 11.6 Å². The van der Waals surface area contributed by atoms with Crippen molar-refractivity contribution in [1.29, 1.82) is 0 Å². The number of benzene rings is 2. The fourth-order valence-corrected chi connectivity index (χ4v) is 2.55. The molecule has 6 nitrogen and oxygen atoms in total.